The van der Waals surface area contributed by atoms with Gasteiger partial charge in [-0.15, -0.1) is 22.7 Å². The van der Waals surface area contributed by atoms with E-state index >= 15 is 0 Å². The van der Waals surface area contributed by atoms with Crippen LogP contribution in [0.15, 0.2) is 29.0 Å². The number of amides is 1. The molecule has 124 valence electrons. The first kappa shape index (κ1) is 16.7. The van der Waals surface area contributed by atoms with Crippen molar-refractivity contribution in [3.8, 4) is 0 Å². The number of thiophene rings is 2. The third kappa shape index (κ3) is 3.84. The summed E-state index contributed by atoms with van der Waals surface area (Å²) in [6.45, 7) is 5.67. The van der Waals surface area contributed by atoms with Crippen molar-refractivity contribution in [2.75, 3.05) is 13.1 Å². The van der Waals surface area contributed by atoms with Crippen LogP contribution >= 0.6 is 22.7 Å². The van der Waals surface area contributed by atoms with Crippen molar-refractivity contribution in [3.05, 3.63) is 44.3 Å². The van der Waals surface area contributed by atoms with E-state index in [0.717, 1.165) is 25.8 Å². The molecule has 0 fully saturated rings. The lowest BCUT2D eigenvalue weighted by atomic mass is 9.98. The number of hydrogen-bond acceptors (Lipinski definition) is 4. The summed E-state index contributed by atoms with van der Waals surface area (Å²) in [6.07, 6.45) is 3.18. The normalized spacial score (nSPS) is 19.3. The van der Waals surface area contributed by atoms with Gasteiger partial charge in [0.15, 0.2) is 0 Å². The van der Waals surface area contributed by atoms with E-state index < -0.39 is 0 Å². The van der Waals surface area contributed by atoms with Crippen LogP contribution in [0, 0.1) is 0 Å². The molecule has 3 nitrogen and oxygen atoms in total. The molecule has 0 spiro atoms. The quantitative estimate of drug-likeness (QED) is 0.854. The standard InChI is InChI=1S/C18H24N2OS2/c1-3-5-13(2)19-17(21)12-20-9-7-15-14(8-11-23-15)18(20)16-6-4-10-22-16/h4,6,8,10-11,13,18H,3,5,7,9,12H2,1-2H3,(H,19,21)/t13-,18-/m1/s1. The van der Waals surface area contributed by atoms with Crippen LogP contribution in [0.1, 0.15) is 48.0 Å². The maximum absolute atomic E-state index is 12.4. The van der Waals surface area contributed by atoms with Crippen LogP contribution < -0.4 is 5.32 Å². The molecule has 1 N–H and O–H groups in total. The molecule has 0 bridgehead atoms. The van der Waals surface area contributed by atoms with Crippen molar-refractivity contribution >= 4 is 28.6 Å². The average Bonchev–Trinajstić information content (AvgIpc) is 3.18. The molecule has 5 heteroatoms. The van der Waals surface area contributed by atoms with Crippen molar-refractivity contribution in [1.29, 1.82) is 0 Å². The highest BCUT2D eigenvalue weighted by Gasteiger charge is 2.31. The highest BCUT2D eigenvalue weighted by atomic mass is 32.1. The average molecular weight is 349 g/mol. The topological polar surface area (TPSA) is 32.3 Å². The minimum Gasteiger partial charge on any atom is -0.353 e. The maximum atomic E-state index is 12.4. The third-order valence-corrected chi connectivity index (χ3v) is 6.28. The van der Waals surface area contributed by atoms with E-state index in [0.29, 0.717) is 6.54 Å². The minimum atomic E-state index is 0.145. The van der Waals surface area contributed by atoms with Gasteiger partial charge in [0.1, 0.15) is 0 Å². The van der Waals surface area contributed by atoms with Crippen LogP contribution in [0.5, 0.6) is 0 Å². The molecule has 23 heavy (non-hydrogen) atoms. The zero-order valence-electron chi connectivity index (χ0n) is 13.7. The number of nitrogens with zero attached hydrogens (tertiary/aromatic N) is 1. The number of carbonyl (C=O) groups is 1. The molecule has 3 heterocycles. The van der Waals surface area contributed by atoms with Gasteiger partial charge < -0.3 is 5.32 Å². The predicted octanol–water partition coefficient (Wildman–Crippen LogP) is 4.06. The van der Waals surface area contributed by atoms with E-state index in [-0.39, 0.29) is 18.0 Å². The number of fused-ring (bicyclic) bond motifs is 1. The molecule has 0 unspecified atom stereocenters. The lowest BCUT2D eigenvalue weighted by molar-refractivity contribution is -0.123. The zero-order valence-corrected chi connectivity index (χ0v) is 15.4. The molecule has 0 radical (unpaired) electrons. The van der Waals surface area contributed by atoms with Gasteiger partial charge in [-0.05, 0) is 48.2 Å². The van der Waals surface area contributed by atoms with Gasteiger partial charge in [-0.1, -0.05) is 19.4 Å². The smallest absolute Gasteiger partial charge is 0.234 e. The van der Waals surface area contributed by atoms with Crippen molar-refractivity contribution < 1.29 is 4.79 Å². The molecular weight excluding hydrogens is 324 g/mol. The fraction of sp³-hybridized carbons (Fsp3) is 0.500. The summed E-state index contributed by atoms with van der Waals surface area (Å²) in [4.78, 5) is 17.5. The van der Waals surface area contributed by atoms with E-state index in [1.165, 1.54) is 15.3 Å². The Bertz CT molecular complexity index is 635. The summed E-state index contributed by atoms with van der Waals surface area (Å²) in [6, 6.07) is 7.01. The molecule has 0 aliphatic carbocycles. The van der Waals surface area contributed by atoms with E-state index in [2.05, 4.69) is 53.0 Å². The Labute approximate surface area is 146 Å². The highest BCUT2D eigenvalue weighted by molar-refractivity contribution is 7.10. The van der Waals surface area contributed by atoms with Crippen LogP contribution in [0.4, 0.5) is 0 Å². The first-order valence-corrected chi connectivity index (χ1v) is 10.1. The van der Waals surface area contributed by atoms with Crippen molar-refractivity contribution in [3.63, 3.8) is 0 Å². The molecule has 2 atom stereocenters. The summed E-state index contributed by atoms with van der Waals surface area (Å²) in [5.41, 5.74) is 1.39. The summed E-state index contributed by atoms with van der Waals surface area (Å²) >= 11 is 3.62. The molecule has 0 saturated heterocycles. The Balaban J connectivity index is 1.75. The van der Waals surface area contributed by atoms with Crippen LogP contribution in [0.2, 0.25) is 0 Å². The summed E-state index contributed by atoms with van der Waals surface area (Å²) in [5.74, 6) is 0.145. The summed E-state index contributed by atoms with van der Waals surface area (Å²) in [5, 5.41) is 7.44. The molecule has 3 rings (SSSR count). The molecule has 0 aromatic carbocycles. The third-order valence-electron chi connectivity index (χ3n) is 4.35. The molecular formula is C18H24N2OS2. The van der Waals surface area contributed by atoms with Crippen LogP contribution in [0.3, 0.4) is 0 Å². The molecule has 1 amide bonds. The first-order chi connectivity index (χ1) is 11.2. The van der Waals surface area contributed by atoms with Gasteiger partial charge in [0.05, 0.1) is 12.6 Å². The van der Waals surface area contributed by atoms with Crippen molar-refractivity contribution in [2.24, 2.45) is 0 Å². The Morgan fingerprint density at radius 1 is 1.39 bits per heavy atom. The number of hydrogen-bond donors (Lipinski definition) is 1. The monoisotopic (exact) mass is 348 g/mol. The second-order valence-corrected chi connectivity index (χ2v) is 8.17. The highest BCUT2D eigenvalue weighted by Crippen LogP contribution is 2.39. The fourth-order valence-corrected chi connectivity index (χ4v) is 5.11. The van der Waals surface area contributed by atoms with Gasteiger partial charge in [-0.25, -0.2) is 0 Å². The molecule has 2 aromatic heterocycles. The molecule has 1 aliphatic rings. The Hall–Kier alpha value is -1.17. The van der Waals surface area contributed by atoms with Gasteiger partial charge in [-0.3, -0.25) is 9.69 Å². The predicted molar refractivity (Wildman–Crippen MR) is 98.3 cm³/mol. The largest absolute Gasteiger partial charge is 0.353 e. The van der Waals surface area contributed by atoms with Crippen molar-refractivity contribution in [2.45, 2.75) is 45.2 Å². The van der Waals surface area contributed by atoms with Gasteiger partial charge in [-0.2, -0.15) is 0 Å². The van der Waals surface area contributed by atoms with Crippen LogP contribution in [-0.4, -0.2) is 29.9 Å². The van der Waals surface area contributed by atoms with E-state index in [1.807, 2.05) is 11.3 Å². The second kappa shape index (κ2) is 7.60. The van der Waals surface area contributed by atoms with E-state index in [4.69, 9.17) is 0 Å². The van der Waals surface area contributed by atoms with Gasteiger partial charge >= 0.3 is 0 Å². The lowest BCUT2D eigenvalue weighted by Crippen LogP contribution is -2.44. The number of carbonyl (C=O) groups excluding carboxylic acids is 1. The maximum Gasteiger partial charge on any atom is 0.234 e. The number of nitrogens with one attached hydrogen (secondary N) is 1. The second-order valence-electron chi connectivity index (χ2n) is 6.19. The number of rotatable bonds is 6. The molecule has 2 aromatic rings. The lowest BCUT2D eigenvalue weighted by Gasteiger charge is -2.35. The van der Waals surface area contributed by atoms with Gasteiger partial charge in [0.25, 0.3) is 0 Å². The summed E-state index contributed by atoms with van der Waals surface area (Å²) in [7, 11) is 0. The van der Waals surface area contributed by atoms with Gasteiger partial charge in [0, 0.05) is 22.3 Å². The molecule has 0 saturated carbocycles. The van der Waals surface area contributed by atoms with E-state index in [9.17, 15) is 4.79 Å². The van der Waals surface area contributed by atoms with Gasteiger partial charge in [0.2, 0.25) is 5.91 Å². The van der Waals surface area contributed by atoms with Crippen molar-refractivity contribution in [1.82, 2.24) is 10.2 Å². The SMILES string of the molecule is CCC[C@@H](C)NC(=O)CN1CCc2sccc2[C@@H]1c1cccs1. The minimum absolute atomic E-state index is 0.145. The zero-order chi connectivity index (χ0) is 16.2. The Kier molecular flexibility index (Phi) is 5.51. The van der Waals surface area contributed by atoms with E-state index in [1.54, 1.807) is 11.3 Å². The summed E-state index contributed by atoms with van der Waals surface area (Å²) < 4.78 is 0. The first-order valence-electron chi connectivity index (χ1n) is 8.32. The Morgan fingerprint density at radius 2 is 2.26 bits per heavy atom. The molecule has 1 aliphatic heterocycles. The fourth-order valence-electron chi connectivity index (χ4n) is 3.33. The Morgan fingerprint density at radius 3 is 3.00 bits per heavy atom. The van der Waals surface area contributed by atoms with Crippen LogP contribution in [0.25, 0.3) is 0 Å². The van der Waals surface area contributed by atoms with Crippen LogP contribution in [-0.2, 0) is 11.2 Å².